The zero-order chi connectivity index (χ0) is 42.8. The first-order valence-electron chi connectivity index (χ1n) is 22.2. The molecule has 0 fully saturated rings. The molecule has 0 bridgehead atoms. The Morgan fingerprint density at radius 1 is 0.281 bits per heavy atom. The molecule has 1 aromatic heterocycles. The number of benzene rings is 9. The van der Waals surface area contributed by atoms with Crippen LogP contribution in [0, 0.1) is 0 Å². The molecule has 10 aromatic rings. The molecule has 2 nitrogen and oxygen atoms in total. The fraction of sp³-hybridized carbons (Fsp3) is 0.0645. The molecule has 64 heavy (non-hydrogen) atoms. The smallest absolute Gasteiger partial charge is 0.161 e. The van der Waals surface area contributed by atoms with E-state index in [4.69, 9.17) is 9.97 Å². The van der Waals surface area contributed by atoms with Crippen molar-refractivity contribution in [2.75, 3.05) is 0 Å². The molecule has 2 heteroatoms. The summed E-state index contributed by atoms with van der Waals surface area (Å²) in [6, 6.07) is 83.9. The van der Waals surface area contributed by atoms with Crippen molar-refractivity contribution in [2.24, 2.45) is 0 Å². The van der Waals surface area contributed by atoms with Crippen LogP contribution in [0.15, 0.2) is 231 Å². The van der Waals surface area contributed by atoms with E-state index in [-0.39, 0.29) is 5.41 Å². The number of hydrogen-bond donors (Lipinski definition) is 0. The lowest BCUT2D eigenvalue weighted by Crippen LogP contribution is -2.40. The molecule has 0 radical (unpaired) electrons. The van der Waals surface area contributed by atoms with E-state index in [1.54, 1.807) is 0 Å². The number of rotatable bonds is 6. The van der Waals surface area contributed by atoms with Gasteiger partial charge in [0.2, 0.25) is 0 Å². The average molecular weight is 817 g/mol. The monoisotopic (exact) mass is 816 g/mol. The van der Waals surface area contributed by atoms with Crippen LogP contribution in [0.2, 0.25) is 0 Å². The van der Waals surface area contributed by atoms with Crippen LogP contribution in [-0.2, 0) is 10.8 Å². The molecule has 12 rings (SSSR count). The third-order valence-corrected chi connectivity index (χ3v) is 13.8. The zero-order valence-corrected chi connectivity index (χ0v) is 35.8. The maximum atomic E-state index is 5.44. The summed E-state index contributed by atoms with van der Waals surface area (Å²) in [4.78, 5) is 10.9. The van der Waals surface area contributed by atoms with E-state index in [0.717, 1.165) is 28.1 Å². The molecule has 2 aliphatic carbocycles. The molecule has 1 spiro atoms. The zero-order valence-electron chi connectivity index (χ0n) is 35.8. The van der Waals surface area contributed by atoms with Crippen LogP contribution in [0.3, 0.4) is 0 Å². The van der Waals surface area contributed by atoms with Crippen molar-refractivity contribution in [3.05, 3.63) is 264 Å². The van der Waals surface area contributed by atoms with Crippen molar-refractivity contribution in [2.45, 2.75) is 24.7 Å². The highest BCUT2D eigenvalue weighted by Gasteiger charge is 2.53. The second-order valence-corrected chi connectivity index (χ2v) is 17.7. The Morgan fingerprint density at radius 3 is 1.27 bits per heavy atom. The van der Waals surface area contributed by atoms with Gasteiger partial charge in [0.05, 0.1) is 16.8 Å². The predicted octanol–water partition coefficient (Wildman–Crippen LogP) is 15.5. The summed E-state index contributed by atoms with van der Waals surface area (Å²) in [5.41, 5.74) is 21.6. The van der Waals surface area contributed by atoms with Crippen LogP contribution in [0.25, 0.3) is 78.4 Å². The number of fused-ring (bicyclic) bond motifs is 9. The number of hydrogen-bond acceptors (Lipinski definition) is 2. The molecule has 0 saturated heterocycles. The van der Waals surface area contributed by atoms with Gasteiger partial charge in [0.25, 0.3) is 0 Å². The molecule has 0 unspecified atom stereocenters. The van der Waals surface area contributed by atoms with Crippen LogP contribution in [-0.4, -0.2) is 9.97 Å². The highest BCUT2D eigenvalue weighted by atomic mass is 14.9. The molecule has 0 amide bonds. The SMILES string of the molecule is CC1(C)c2ccccc2C2(c3ccc(-c4cccc(-c5ccc(-c6ccccc6)cc5)c4)cc3-c3c(-c4nc(-c5ccccc5)cc(-c5ccccc5)n4)cccc32)c2ccccc21. The summed E-state index contributed by atoms with van der Waals surface area (Å²) in [5, 5.41) is 0. The molecule has 0 atom stereocenters. The van der Waals surface area contributed by atoms with Crippen molar-refractivity contribution < 1.29 is 0 Å². The van der Waals surface area contributed by atoms with Crippen LogP contribution < -0.4 is 0 Å². The topological polar surface area (TPSA) is 25.8 Å². The summed E-state index contributed by atoms with van der Waals surface area (Å²) in [7, 11) is 0. The lowest BCUT2D eigenvalue weighted by Gasteiger charge is -2.46. The number of aromatic nitrogens is 2. The fourth-order valence-electron chi connectivity index (χ4n) is 10.8. The van der Waals surface area contributed by atoms with Crippen molar-refractivity contribution >= 4 is 0 Å². The minimum absolute atomic E-state index is 0.198. The first kappa shape index (κ1) is 37.8. The van der Waals surface area contributed by atoms with Gasteiger partial charge in [0.15, 0.2) is 5.82 Å². The molecule has 9 aromatic carbocycles. The molecule has 0 aliphatic heterocycles. The minimum atomic E-state index is -0.566. The molecule has 0 N–H and O–H groups in total. The molecule has 302 valence electrons. The van der Waals surface area contributed by atoms with E-state index in [0.29, 0.717) is 5.82 Å². The predicted molar refractivity (Wildman–Crippen MR) is 264 cm³/mol. The van der Waals surface area contributed by atoms with Gasteiger partial charge in [-0.1, -0.05) is 226 Å². The van der Waals surface area contributed by atoms with Gasteiger partial charge in [-0.25, -0.2) is 9.97 Å². The molecular weight excluding hydrogens is 773 g/mol. The van der Waals surface area contributed by atoms with Gasteiger partial charge in [-0.05, 0) is 96.1 Å². The van der Waals surface area contributed by atoms with Crippen molar-refractivity contribution in [1.29, 1.82) is 0 Å². The summed E-state index contributed by atoms with van der Waals surface area (Å²) < 4.78 is 0. The second-order valence-electron chi connectivity index (χ2n) is 17.7. The van der Waals surface area contributed by atoms with Crippen LogP contribution >= 0.6 is 0 Å². The molecule has 0 saturated carbocycles. The Kier molecular flexibility index (Phi) is 8.77. The van der Waals surface area contributed by atoms with Crippen molar-refractivity contribution in [3.63, 3.8) is 0 Å². The van der Waals surface area contributed by atoms with Crippen molar-refractivity contribution in [1.82, 2.24) is 9.97 Å². The summed E-state index contributed by atoms with van der Waals surface area (Å²) in [5.74, 6) is 0.712. The first-order chi connectivity index (χ1) is 31.5. The quantitative estimate of drug-likeness (QED) is 0.167. The highest BCUT2D eigenvalue weighted by molar-refractivity contribution is 5.97. The third kappa shape index (κ3) is 5.87. The summed E-state index contributed by atoms with van der Waals surface area (Å²) in [6.45, 7) is 4.76. The van der Waals surface area contributed by atoms with Gasteiger partial charge >= 0.3 is 0 Å². The molecular formula is C62H44N2. The average Bonchev–Trinajstić information content (AvgIpc) is 3.67. The van der Waals surface area contributed by atoms with E-state index in [2.05, 4.69) is 244 Å². The minimum Gasteiger partial charge on any atom is -0.228 e. The van der Waals surface area contributed by atoms with Crippen molar-refractivity contribution in [3.8, 4) is 78.4 Å². The lowest BCUT2D eigenvalue weighted by molar-refractivity contribution is 0.563. The largest absolute Gasteiger partial charge is 0.228 e. The third-order valence-electron chi connectivity index (χ3n) is 13.8. The Hall–Kier alpha value is -7.94. The Labute approximate surface area is 375 Å². The summed E-state index contributed by atoms with van der Waals surface area (Å²) >= 11 is 0. The standard InChI is InChI=1S/C62H44N2/c1-61(2)52-27-12-14-29-54(52)62(55-30-15-13-28-53(55)61)51-37-36-48(47-25-16-24-46(38-47)43-34-32-42(33-35-43)41-18-6-3-7-19-41)39-50(51)59-49(26-17-31-56(59)62)60-63-57(44-20-8-4-9-21-44)40-58(64-60)45-22-10-5-11-23-45/h3-40H,1-2H3. The summed E-state index contributed by atoms with van der Waals surface area (Å²) in [6.07, 6.45) is 0. The Bertz CT molecular complexity index is 3280. The lowest BCUT2D eigenvalue weighted by atomic mass is 9.55. The van der Waals surface area contributed by atoms with E-state index >= 15 is 0 Å². The normalized spacial score (nSPS) is 13.7. The highest BCUT2D eigenvalue weighted by Crippen LogP contribution is 2.63. The Morgan fingerprint density at radius 2 is 0.688 bits per heavy atom. The molecule has 2 aliphatic rings. The van der Waals surface area contributed by atoms with Crippen LogP contribution in [0.1, 0.15) is 47.2 Å². The second kappa shape index (κ2) is 14.9. The van der Waals surface area contributed by atoms with E-state index in [1.165, 1.54) is 77.9 Å². The van der Waals surface area contributed by atoms with E-state index in [9.17, 15) is 0 Å². The fourth-order valence-corrected chi connectivity index (χ4v) is 10.8. The Balaban J connectivity index is 1.10. The maximum absolute atomic E-state index is 5.44. The molecule has 1 heterocycles. The van der Waals surface area contributed by atoms with Gasteiger partial charge in [-0.15, -0.1) is 0 Å². The van der Waals surface area contributed by atoms with Gasteiger partial charge in [-0.2, -0.15) is 0 Å². The van der Waals surface area contributed by atoms with Gasteiger partial charge in [0, 0.05) is 22.1 Å². The van der Waals surface area contributed by atoms with Gasteiger partial charge in [-0.3, -0.25) is 0 Å². The number of nitrogens with zero attached hydrogens (tertiary/aromatic N) is 2. The van der Waals surface area contributed by atoms with Crippen LogP contribution in [0.4, 0.5) is 0 Å². The van der Waals surface area contributed by atoms with Gasteiger partial charge < -0.3 is 0 Å². The van der Waals surface area contributed by atoms with Gasteiger partial charge in [0.1, 0.15) is 0 Å². The van der Waals surface area contributed by atoms with E-state index in [1.807, 2.05) is 0 Å². The maximum Gasteiger partial charge on any atom is 0.161 e. The van der Waals surface area contributed by atoms with E-state index < -0.39 is 5.41 Å². The first-order valence-corrected chi connectivity index (χ1v) is 22.2. The van der Waals surface area contributed by atoms with Crippen LogP contribution in [0.5, 0.6) is 0 Å².